The maximum absolute atomic E-state index is 12.9. The van der Waals surface area contributed by atoms with E-state index in [1.54, 1.807) is 4.90 Å². The van der Waals surface area contributed by atoms with Crippen molar-refractivity contribution in [2.24, 2.45) is 5.10 Å². The number of rotatable bonds is 4. The molecular weight excluding hydrogens is 310 g/mol. The van der Waals surface area contributed by atoms with E-state index >= 15 is 0 Å². The van der Waals surface area contributed by atoms with Crippen LogP contribution < -0.4 is 0 Å². The average molecular weight is 331 g/mol. The lowest BCUT2D eigenvalue weighted by atomic mass is 10.1. The SMILES string of the molecule is CCN1N=C(C(=O)N2CCC[C@@H]2c2noc(C3CC3)n2)CCC1=O. The topological polar surface area (TPSA) is 91.9 Å². The standard InChI is InChI=1S/C16H21N5O3/c1-2-21-13(22)8-7-11(18-21)16(23)20-9-3-4-12(20)14-17-15(24-19-14)10-5-6-10/h10,12H,2-9H2,1H3/t12-/m1/s1. The van der Waals surface area contributed by atoms with E-state index in [-0.39, 0.29) is 17.9 Å². The molecule has 128 valence electrons. The van der Waals surface area contributed by atoms with Gasteiger partial charge >= 0.3 is 0 Å². The number of hydrogen-bond donors (Lipinski definition) is 0. The molecule has 1 aromatic rings. The Bertz CT molecular complexity index is 694. The second kappa shape index (κ2) is 5.99. The van der Waals surface area contributed by atoms with Crippen LogP contribution in [0.3, 0.4) is 0 Å². The van der Waals surface area contributed by atoms with Crippen molar-refractivity contribution in [2.45, 2.75) is 57.4 Å². The van der Waals surface area contributed by atoms with Gasteiger partial charge in [0.15, 0.2) is 5.82 Å². The molecule has 4 rings (SSSR count). The van der Waals surface area contributed by atoms with Crippen molar-refractivity contribution in [3.63, 3.8) is 0 Å². The number of nitrogens with zero attached hydrogens (tertiary/aromatic N) is 5. The summed E-state index contributed by atoms with van der Waals surface area (Å²) < 4.78 is 5.34. The van der Waals surface area contributed by atoms with Crippen LogP contribution in [0.15, 0.2) is 9.62 Å². The second-order valence-electron chi connectivity index (χ2n) is 6.58. The molecule has 1 aromatic heterocycles. The molecule has 2 fully saturated rings. The van der Waals surface area contributed by atoms with Crippen LogP contribution in [0.2, 0.25) is 0 Å². The zero-order chi connectivity index (χ0) is 16.7. The molecule has 3 aliphatic rings. The quantitative estimate of drug-likeness (QED) is 0.836. The first-order valence-electron chi connectivity index (χ1n) is 8.69. The number of aromatic nitrogens is 2. The summed E-state index contributed by atoms with van der Waals surface area (Å²) in [7, 11) is 0. The van der Waals surface area contributed by atoms with Gasteiger partial charge in [-0.15, -0.1) is 0 Å². The largest absolute Gasteiger partial charge is 0.339 e. The van der Waals surface area contributed by atoms with Gasteiger partial charge in [-0.2, -0.15) is 10.1 Å². The lowest BCUT2D eigenvalue weighted by Gasteiger charge is -2.26. The number of hydrogen-bond acceptors (Lipinski definition) is 6. The summed E-state index contributed by atoms with van der Waals surface area (Å²) in [6, 6.07) is -0.149. The van der Waals surface area contributed by atoms with E-state index < -0.39 is 0 Å². The molecule has 8 heteroatoms. The molecule has 0 unspecified atom stereocenters. The normalized spacial score (nSPS) is 24.5. The van der Waals surface area contributed by atoms with Crippen LogP contribution in [-0.4, -0.2) is 50.7 Å². The third-order valence-corrected chi connectivity index (χ3v) is 4.85. The van der Waals surface area contributed by atoms with Gasteiger partial charge in [-0.05, 0) is 32.6 Å². The molecule has 1 saturated carbocycles. The Kier molecular flexibility index (Phi) is 3.82. The summed E-state index contributed by atoms with van der Waals surface area (Å²) in [6.45, 7) is 3.00. The summed E-state index contributed by atoms with van der Waals surface area (Å²) in [5.41, 5.74) is 0.453. The number of carbonyl (C=O) groups excluding carboxylic acids is 2. The first kappa shape index (κ1) is 15.3. The van der Waals surface area contributed by atoms with E-state index in [9.17, 15) is 9.59 Å². The highest BCUT2D eigenvalue weighted by Crippen LogP contribution is 2.40. The molecule has 0 radical (unpaired) electrons. The molecule has 1 atom stereocenters. The molecule has 0 bridgehead atoms. The van der Waals surface area contributed by atoms with Gasteiger partial charge in [0.05, 0.1) is 6.04 Å². The van der Waals surface area contributed by atoms with Crippen LogP contribution in [0.5, 0.6) is 0 Å². The maximum Gasteiger partial charge on any atom is 0.270 e. The predicted octanol–water partition coefficient (Wildman–Crippen LogP) is 1.61. The highest BCUT2D eigenvalue weighted by molar-refractivity contribution is 6.39. The summed E-state index contributed by atoms with van der Waals surface area (Å²) in [5.74, 6) is 1.56. The Morgan fingerprint density at radius 1 is 1.29 bits per heavy atom. The van der Waals surface area contributed by atoms with Crippen molar-refractivity contribution in [1.29, 1.82) is 0 Å². The fraction of sp³-hybridized carbons (Fsp3) is 0.688. The van der Waals surface area contributed by atoms with Gasteiger partial charge in [0.25, 0.3) is 5.91 Å². The third kappa shape index (κ3) is 2.70. The molecule has 0 spiro atoms. The second-order valence-corrected chi connectivity index (χ2v) is 6.58. The van der Waals surface area contributed by atoms with Crippen LogP contribution >= 0.6 is 0 Å². The van der Waals surface area contributed by atoms with Crippen LogP contribution in [-0.2, 0) is 9.59 Å². The Morgan fingerprint density at radius 2 is 2.12 bits per heavy atom. The van der Waals surface area contributed by atoms with Crippen molar-refractivity contribution in [1.82, 2.24) is 20.0 Å². The van der Waals surface area contributed by atoms with Crippen LogP contribution in [0.1, 0.15) is 69.1 Å². The summed E-state index contributed by atoms with van der Waals surface area (Å²) in [4.78, 5) is 30.9. The van der Waals surface area contributed by atoms with Crippen LogP contribution in [0.25, 0.3) is 0 Å². The molecule has 2 aliphatic heterocycles. The number of hydrazone groups is 1. The molecule has 2 amide bonds. The van der Waals surface area contributed by atoms with E-state index in [1.165, 1.54) is 5.01 Å². The smallest absolute Gasteiger partial charge is 0.270 e. The van der Waals surface area contributed by atoms with E-state index in [2.05, 4.69) is 15.2 Å². The van der Waals surface area contributed by atoms with Crippen molar-refractivity contribution >= 4 is 17.5 Å². The molecule has 1 saturated heterocycles. The van der Waals surface area contributed by atoms with Crippen molar-refractivity contribution in [3.8, 4) is 0 Å². The third-order valence-electron chi connectivity index (χ3n) is 4.85. The minimum Gasteiger partial charge on any atom is -0.339 e. The van der Waals surface area contributed by atoms with E-state index in [1.807, 2.05) is 6.92 Å². The first-order chi connectivity index (χ1) is 11.7. The summed E-state index contributed by atoms with van der Waals surface area (Å²) in [6.07, 6.45) is 4.69. The van der Waals surface area contributed by atoms with E-state index in [4.69, 9.17) is 4.52 Å². The monoisotopic (exact) mass is 331 g/mol. The lowest BCUT2D eigenvalue weighted by Crippen LogP contribution is -2.41. The van der Waals surface area contributed by atoms with Gasteiger partial charge in [0.1, 0.15) is 5.71 Å². The molecule has 24 heavy (non-hydrogen) atoms. The Hall–Kier alpha value is -2.25. The van der Waals surface area contributed by atoms with E-state index in [0.29, 0.717) is 49.3 Å². The van der Waals surface area contributed by atoms with E-state index in [0.717, 1.165) is 25.7 Å². The van der Waals surface area contributed by atoms with Gasteiger partial charge in [-0.25, -0.2) is 5.01 Å². The average Bonchev–Trinajstić information content (AvgIpc) is 3.13. The zero-order valence-electron chi connectivity index (χ0n) is 13.8. The Morgan fingerprint density at radius 3 is 2.88 bits per heavy atom. The highest BCUT2D eigenvalue weighted by Gasteiger charge is 2.38. The fourth-order valence-corrected chi connectivity index (χ4v) is 3.33. The number of likely N-dealkylation sites (tertiary alicyclic amines) is 1. The molecule has 8 nitrogen and oxygen atoms in total. The predicted molar refractivity (Wildman–Crippen MR) is 84.0 cm³/mol. The van der Waals surface area contributed by atoms with Gasteiger partial charge < -0.3 is 9.42 Å². The number of carbonyl (C=O) groups is 2. The fourth-order valence-electron chi connectivity index (χ4n) is 3.33. The van der Waals surface area contributed by atoms with Gasteiger partial charge in [0, 0.05) is 31.8 Å². The highest BCUT2D eigenvalue weighted by atomic mass is 16.5. The molecule has 3 heterocycles. The molecule has 0 aromatic carbocycles. The number of amides is 2. The van der Waals surface area contributed by atoms with Crippen LogP contribution in [0, 0.1) is 0 Å². The van der Waals surface area contributed by atoms with Crippen molar-refractivity contribution < 1.29 is 14.1 Å². The van der Waals surface area contributed by atoms with Gasteiger partial charge in [-0.3, -0.25) is 9.59 Å². The molecule has 1 aliphatic carbocycles. The van der Waals surface area contributed by atoms with Crippen molar-refractivity contribution in [3.05, 3.63) is 11.7 Å². The summed E-state index contributed by atoms with van der Waals surface area (Å²) >= 11 is 0. The Labute approximate surface area is 139 Å². The molecule has 0 N–H and O–H groups in total. The molecular formula is C16H21N5O3. The van der Waals surface area contributed by atoms with Gasteiger partial charge in [-0.1, -0.05) is 5.16 Å². The first-order valence-corrected chi connectivity index (χ1v) is 8.69. The minimum absolute atomic E-state index is 0.0285. The van der Waals surface area contributed by atoms with Gasteiger partial charge in [0.2, 0.25) is 11.8 Å². The lowest BCUT2D eigenvalue weighted by molar-refractivity contribution is -0.132. The maximum atomic E-state index is 12.9. The minimum atomic E-state index is -0.149. The Balaban J connectivity index is 1.53. The van der Waals surface area contributed by atoms with Crippen molar-refractivity contribution in [2.75, 3.05) is 13.1 Å². The van der Waals surface area contributed by atoms with Crippen LogP contribution in [0.4, 0.5) is 0 Å². The zero-order valence-corrected chi connectivity index (χ0v) is 13.8. The summed E-state index contributed by atoms with van der Waals surface area (Å²) in [5, 5.41) is 9.71.